The van der Waals surface area contributed by atoms with E-state index in [0.717, 1.165) is 82.7 Å². The molecule has 0 spiro atoms. The Morgan fingerprint density at radius 1 is 1.07 bits per heavy atom. The predicted octanol–water partition coefficient (Wildman–Crippen LogP) is 7.51. The topological polar surface area (TPSA) is 181 Å². The fourth-order valence-corrected chi connectivity index (χ4v) is 12.2. The summed E-state index contributed by atoms with van der Waals surface area (Å²) in [6.07, 6.45) is 5.31. The summed E-state index contributed by atoms with van der Waals surface area (Å²) in [6, 6.07) is 6.92. The molecule has 10 atom stereocenters. The second-order valence-electron chi connectivity index (χ2n) is 21.3. The van der Waals surface area contributed by atoms with Crippen LogP contribution in [0.2, 0.25) is 0 Å². The van der Waals surface area contributed by atoms with Crippen molar-refractivity contribution < 1.29 is 38.1 Å². The number of thiazole rings is 1. The van der Waals surface area contributed by atoms with Gasteiger partial charge in [0.25, 0.3) is 5.91 Å². The van der Waals surface area contributed by atoms with E-state index in [2.05, 4.69) is 74.2 Å². The number of methoxy groups -OCH3 is 1. The molecule has 4 aliphatic heterocycles. The molecule has 7 heterocycles. The number of aromatic nitrogens is 3. The highest BCUT2D eigenvalue weighted by atomic mass is 32.1. The molecule has 374 valence electrons. The molecule has 16 heteroatoms. The summed E-state index contributed by atoms with van der Waals surface area (Å²) in [6.45, 7) is 18.8. The molecular formula is C53H73N7O8S. The molecule has 3 aromatic heterocycles. The van der Waals surface area contributed by atoms with Crippen molar-refractivity contribution >= 4 is 40.0 Å². The first kappa shape index (κ1) is 49.7. The number of pyridine rings is 1. The lowest BCUT2D eigenvalue weighted by molar-refractivity contribution is -0.156. The number of rotatable bonds is 11. The van der Waals surface area contributed by atoms with Gasteiger partial charge in [0.1, 0.15) is 23.2 Å². The van der Waals surface area contributed by atoms with Crippen molar-refractivity contribution in [2.75, 3.05) is 53.3 Å². The van der Waals surface area contributed by atoms with E-state index in [9.17, 15) is 14.4 Å². The lowest BCUT2D eigenvalue weighted by Crippen LogP contribution is -2.61. The van der Waals surface area contributed by atoms with E-state index in [0.29, 0.717) is 62.4 Å². The maximum Gasteiger partial charge on any atom is 0.324 e. The Kier molecular flexibility index (Phi) is 15.0. The summed E-state index contributed by atoms with van der Waals surface area (Å²) in [4.78, 5) is 53.1. The number of aryl methyl sites for hydroxylation is 1. The third-order valence-electron chi connectivity index (χ3n) is 15.5. The first-order valence-corrected chi connectivity index (χ1v) is 26.3. The average Bonchev–Trinajstić information content (AvgIpc) is 3.59. The maximum atomic E-state index is 14.7. The summed E-state index contributed by atoms with van der Waals surface area (Å²) in [5.41, 5.74) is 17.3. The molecule has 5 aliphatic rings. The molecule has 2 amide bonds. The number of esters is 1. The van der Waals surface area contributed by atoms with E-state index in [1.165, 1.54) is 16.3 Å². The number of nitrogens with one attached hydrogen (secondary N) is 2. The number of carbonyl (C=O) groups excluding carboxylic acids is 3. The standard InChI is InChI=1S/C53H73N7O8S/c1-9-59-43-14-13-34-19-38(43)40(47(59)39-20-36(22-55-45(39)31(5)64-8)35-17-32(16-33-24-65-25-33)23-66-26-37(54)18-35)21-53(6,7)28-68-52(63)41-12-11-15-60(58-41)51(62)46(57-49(61)44-29(3)30(44)4)48(67-10-2)50-56-42(34)27-69-50/h13-14,19-20,22,27,29-33,35,37,41,44,46,48,58H,9-12,15-18,21,23-26,28,54H2,1-8H3,(H,57,61)/t29-,30+,31-,32?,35-,37?,41-,44+,46-,48-/m0/s1. The second-order valence-corrected chi connectivity index (χ2v) is 22.2. The van der Waals surface area contributed by atoms with Gasteiger partial charge in [-0.3, -0.25) is 24.4 Å². The highest BCUT2D eigenvalue weighted by Crippen LogP contribution is 2.47. The summed E-state index contributed by atoms with van der Waals surface area (Å²) in [7, 11) is 1.73. The van der Waals surface area contributed by atoms with Crippen molar-refractivity contribution in [1.82, 2.24) is 30.3 Å². The number of cyclic esters (lactones) is 1. The third-order valence-corrected chi connectivity index (χ3v) is 16.5. The van der Waals surface area contributed by atoms with Gasteiger partial charge < -0.3 is 39.3 Å². The number of carbonyl (C=O) groups is 3. The number of hydrogen-bond donors (Lipinski definition) is 3. The minimum atomic E-state index is -1.09. The van der Waals surface area contributed by atoms with Crippen LogP contribution < -0.4 is 16.5 Å². The molecule has 1 aliphatic carbocycles. The van der Waals surface area contributed by atoms with Crippen LogP contribution in [0.3, 0.4) is 0 Å². The molecule has 4 aromatic rings. The van der Waals surface area contributed by atoms with E-state index >= 15 is 0 Å². The zero-order valence-corrected chi connectivity index (χ0v) is 42.6. The monoisotopic (exact) mass is 968 g/mol. The minimum Gasteiger partial charge on any atom is -0.464 e. The number of benzene rings is 1. The molecule has 4 N–H and O–H groups in total. The Labute approximate surface area is 410 Å². The third kappa shape index (κ3) is 10.4. The van der Waals surface area contributed by atoms with Crippen LogP contribution in [0.25, 0.3) is 33.4 Å². The molecule has 4 fully saturated rings. The van der Waals surface area contributed by atoms with Gasteiger partial charge in [0.2, 0.25) is 5.91 Å². The van der Waals surface area contributed by atoms with E-state index in [1.807, 2.05) is 25.4 Å². The Morgan fingerprint density at radius 2 is 1.84 bits per heavy atom. The minimum absolute atomic E-state index is 0.0972. The van der Waals surface area contributed by atoms with E-state index in [-0.39, 0.29) is 60.8 Å². The van der Waals surface area contributed by atoms with Crippen molar-refractivity contribution in [3.05, 3.63) is 57.7 Å². The summed E-state index contributed by atoms with van der Waals surface area (Å²) in [5, 5.41) is 8.23. The second kappa shape index (κ2) is 20.8. The number of fused-ring (bicyclic) bond motifs is 6. The molecule has 69 heavy (non-hydrogen) atoms. The van der Waals surface area contributed by atoms with Gasteiger partial charge in [0, 0.05) is 90.3 Å². The van der Waals surface area contributed by atoms with Crippen LogP contribution in [0, 0.1) is 35.0 Å². The normalized spacial score (nSPS) is 29.3. The fraction of sp³-hybridized carbons (Fsp3) is 0.642. The van der Waals surface area contributed by atoms with Gasteiger partial charge in [-0.15, -0.1) is 11.3 Å². The Hall–Kier alpha value is -4.29. The molecule has 6 bridgehead atoms. The quantitative estimate of drug-likeness (QED) is 0.126. The number of nitrogens with two attached hydrogens (primary N) is 1. The summed E-state index contributed by atoms with van der Waals surface area (Å²) >= 11 is 1.41. The van der Waals surface area contributed by atoms with E-state index < -0.39 is 29.6 Å². The summed E-state index contributed by atoms with van der Waals surface area (Å²) in [5.74, 6) is 0.340. The van der Waals surface area contributed by atoms with Crippen LogP contribution in [0.4, 0.5) is 0 Å². The Morgan fingerprint density at radius 3 is 2.55 bits per heavy atom. The van der Waals surface area contributed by atoms with Crippen LogP contribution in [0.15, 0.2) is 35.8 Å². The maximum absolute atomic E-state index is 14.7. The first-order valence-electron chi connectivity index (χ1n) is 25.4. The molecule has 1 aromatic carbocycles. The molecule has 3 saturated heterocycles. The van der Waals surface area contributed by atoms with Gasteiger partial charge in [-0.25, -0.2) is 10.4 Å². The van der Waals surface area contributed by atoms with Gasteiger partial charge in [-0.1, -0.05) is 33.8 Å². The van der Waals surface area contributed by atoms with E-state index in [4.69, 9.17) is 39.4 Å². The van der Waals surface area contributed by atoms with Crippen LogP contribution >= 0.6 is 11.3 Å². The lowest BCUT2D eigenvalue weighted by Gasteiger charge is -2.37. The first-order chi connectivity index (χ1) is 33.2. The zero-order chi connectivity index (χ0) is 48.7. The number of nitrogens with zero attached hydrogens (tertiary/aromatic N) is 4. The number of amides is 2. The smallest absolute Gasteiger partial charge is 0.324 e. The number of hydrogen-bond acceptors (Lipinski definition) is 13. The Bertz CT molecular complexity index is 2500. The van der Waals surface area contributed by atoms with Gasteiger partial charge in [0.05, 0.1) is 49.6 Å². The van der Waals surface area contributed by atoms with Crippen LogP contribution in [-0.2, 0) is 51.0 Å². The zero-order valence-electron chi connectivity index (χ0n) is 41.8. The number of ether oxygens (including phenoxy) is 5. The van der Waals surface area contributed by atoms with Crippen LogP contribution in [0.5, 0.6) is 0 Å². The van der Waals surface area contributed by atoms with Crippen molar-refractivity contribution in [3.63, 3.8) is 0 Å². The van der Waals surface area contributed by atoms with Crippen LogP contribution in [0.1, 0.15) is 121 Å². The van der Waals surface area contributed by atoms with Crippen molar-refractivity contribution in [1.29, 1.82) is 0 Å². The van der Waals surface area contributed by atoms with E-state index in [1.54, 1.807) is 7.11 Å². The SMILES string of the molecule is CCO[C@@H]1c2nc(cs2)-c2ccc3c(c2)c(c(-c2cc([C@@H]4CC(N)COCC(CC5COC5)C4)cnc2[C@H](C)OC)n3CC)CC(C)(C)COC(=O)[C@@H]2CCCN(N2)C(=O)[C@H]1NC(=O)[C@H]1[C@H](C)[C@@H]1C. The van der Waals surface area contributed by atoms with Crippen molar-refractivity contribution in [2.45, 2.75) is 130 Å². The molecule has 2 unspecified atom stereocenters. The average molecular weight is 968 g/mol. The highest BCUT2D eigenvalue weighted by molar-refractivity contribution is 7.10. The Balaban J connectivity index is 1.18. The van der Waals surface area contributed by atoms with Gasteiger partial charge >= 0.3 is 5.97 Å². The molecular weight excluding hydrogens is 895 g/mol. The summed E-state index contributed by atoms with van der Waals surface area (Å²) < 4.78 is 32.8. The molecule has 1 saturated carbocycles. The van der Waals surface area contributed by atoms with Gasteiger partial charge in [-0.2, -0.15) is 0 Å². The molecule has 9 rings (SSSR count). The van der Waals surface area contributed by atoms with Gasteiger partial charge in [-0.05, 0) is 112 Å². The van der Waals surface area contributed by atoms with Crippen molar-refractivity contribution in [3.8, 4) is 22.5 Å². The fourth-order valence-electron chi connectivity index (χ4n) is 11.3. The lowest BCUT2D eigenvalue weighted by atomic mass is 9.80. The highest BCUT2D eigenvalue weighted by Gasteiger charge is 2.50. The molecule has 15 nitrogen and oxygen atoms in total. The van der Waals surface area contributed by atoms with Crippen molar-refractivity contribution in [2.24, 2.45) is 40.7 Å². The number of hydrazine groups is 1. The largest absolute Gasteiger partial charge is 0.464 e. The van der Waals surface area contributed by atoms with Crippen LogP contribution in [-0.4, -0.2) is 109 Å². The van der Waals surface area contributed by atoms with Gasteiger partial charge in [0.15, 0.2) is 0 Å². The predicted molar refractivity (Wildman–Crippen MR) is 265 cm³/mol. The molecule has 0 radical (unpaired) electrons.